The highest BCUT2D eigenvalue weighted by atomic mass is 35.5. The average Bonchev–Trinajstić information content (AvgIpc) is 2.86. The fourth-order valence-corrected chi connectivity index (χ4v) is 2.68. The fourth-order valence-electron chi connectivity index (χ4n) is 2.56. The van der Waals surface area contributed by atoms with E-state index in [0.717, 1.165) is 25.2 Å². The molecule has 1 aliphatic heterocycles. The number of aliphatic carboxylic acids is 1. The van der Waals surface area contributed by atoms with Gasteiger partial charge in [0.2, 0.25) is 5.91 Å². The smallest absolute Gasteiger partial charge is 0.303 e. The van der Waals surface area contributed by atoms with E-state index in [4.69, 9.17) is 16.7 Å². The Morgan fingerprint density at radius 1 is 1.33 bits per heavy atom. The van der Waals surface area contributed by atoms with E-state index in [1.807, 2.05) is 0 Å². The third kappa shape index (κ3) is 5.36. The summed E-state index contributed by atoms with van der Waals surface area (Å²) < 4.78 is 0. The van der Waals surface area contributed by atoms with Crippen molar-refractivity contribution in [3.63, 3.8) is 0 Å². The highest BCUT2D eigenvalue weighted by Gasteiger charge is 2.24. The molecule has 2 N–H and O–H groups in total. The molecule has 0 aliphatic carbocycles. The standard InChI is InChI=1S/C15H19ClN2O3/c16-12-2-4-13(5-3-12)17-14(19)10-18-8-7-11(9-18)1-6-15(20)21/h2-5,11H,1,6-10H2,(H,17,19)(H,20,21). The molecule has 1 saturated heterocycles. The van der Waals surface area contributed by atoms with Crippen LogP contribution in [0.15, 0.2) is 24.3 Å². The van der Waals surface area contributed by atoms with Crippen LogP contribution in [0.25, 0.3) is 0 Å². The van der Waals surface area contributed by atoms with Crippen LogP contribution in [0.3, 0.4) is 0 Å². The molecule has 5 nitrogen and oxygen atoms in total. The molecule has 1 fully saturated rings. The van der Waals surface area contributed by atoms with Gasteiger partial charge in [-0.1, -0.05) is 11.6 Å². The Morgan fingerprint density at radius 2 is 2.05 bits per heavy atom. The van der Waals surface area contributed by atoms with E-state index in [9.17, 15) is 9.59 Å². The minimum absolute atomic E-state index is 0.0591. The zero-order chi connectivity index (χ0) is 15.2. The first-order valence-electron chi connectivity index (χ1n) is 7.02. The number of rotatable bonds is 6. The van der Waals surface area contributed by atoms with Crippen LogP contribution >= 0.6 is 11.6 Å². The van der Waals surface area contributed by atoms with Gasteiger partial charge >= 0.3 is 5.97 Å². The van der Waals surface area contributed by atoms with Crippen molar-refractivity contribution in [3.8, 4) is 0 Å². The van der Waals surface area contributed by atoms with Crippen molar-refractivity contribution >= 4 is 29.2 Å². The molecule has 0 saturated carbocycles. The molecule has 1 aromatic rings. The number of carbonyl (C=O) groups excluding carboxylic acids is 1. The second-order valence-electron chi connectivity index (χ2n) is 5.38. The summed E-state index contributed by atoms with van der Waals surface area (Å²) in [4.78, 5) is 24.6. The molecule has 0 spiro atoms. The highest BCUT2D eigenvalue weighted by Crippen LogP contribution is 2.21. The molecule has 1 heterocycles. The SMILES string of the molecule is O=C(O)CCC1CCN(CC(=O)Nc2ccc(Cl)cc2)C1. The maximum atomic E-state index is 11.9. The molecule has 6 heteroatoms. The number of halogens is 1. The van der Waals surface area contributed by atoms with E-state index >= 15 is 0 Å². The van der Waals surface area contributed by atoms with Crippen molar-refractivity contribution in [1.82, 2.24) is 4.90 Å². The summed E-state index contributed by atoms with van der Waals surface area (Å²) in [6.45, 7) is 1.98. The molecule has 2 rings (SSSR count). The van der Waals surface area contributed by atoms with Crippen LogP contribution in [-0.2, 0) is 9.59 Å². The topological polar surface area (TPSA) is 69.6 Å². The first kappa shape index (κ1) is 15.8. The Hall–Kier alpha value is -1.59. The van der Waals surface area contributed by atoms with E-state index < -0.39 is 5.97 Å². The first-order valence-corrected chi connectivity index (χ1v) is 7.40. The van der Waals surface area contributed by atoms with Crippen molar-refractivity contribution in [1.29, 1.82) is 0 Å². The van der Waals surface area contributed by atoms with Crippen LogP contribution in [0.2, 0.25) is 5.02 Å². The van der Waals surface area contributed by atoms with Crippen LogP contribution in [0.1, 0.15) is 19.3 Å². The maximum Gasteiger partial charge on any atom is 0.303 e. The summed E-state index contributed by atoms with van der Waals surface area (Å²) in [5, 5.41) is 12.1. The average molecular weight is 311 g/mol. The third-order valence-electron chi connectivity index (χ3n) is 3.63. The van der Waals surface area contributed by atoms with Gasteiger partial charge in [0, 0.05) is 23.7 Å². The molecular weight excluding hydrogens is 292 g/mol. The van der Waals surface area contributed by atoms with Gasteiger partial charge in [-0.05, 0) is 49.6 Å². The van der Waals surface area contributed by atoms with Gasteiger partial charge in [-0.3, -0.25) is 14.5 Å². The predicted octanol–water partition coefficient (Wildman–Crippen LogP) is 2.47. The number of carboxylic acid groups (broad SMARTS) is 1. The summed E-state index contributed by atoms with van der Waals surface area (Å²) in [5.74, 6) is -0.436. The van der Waals surface area contributed by atoms with Gasteiger partial charge in [0.25, 0.3) is 0 Å². The molecule has 0 bridgehead atoms. The number of nitrogens with zero attached hydrogens (tertiary/aromatic N) is 1. The van der Waals surface area contributed by atoms with Gasteiger partial charge in [-0.25, -0.2) is 0 Å². The number of hydrogen-bond acceptors (Lipinski definition) is 3. The van der Waals surface area contributed by atoms with Gasteiger partial charge in [0.1, 0.15) is 0 Å². The minimum atomic E-state index is -0.756. The fraction of sp³-hybridized carbons (Fsp3) is 0.467. The van der Waals surface area contributed by atoms with Crippen molar-refractivity contribution in [2.24, 2.45) is 5.92 Å². The van der Waals surface area contributed by atoms with E-state index in [1.54, 1.807) is 24.3 Å². The number of hydrogen-bond donors (Lipinski definition) is 2. The Kier molecular flexibility index (Phi) is 5.59. The predicted molar refractivity (Wildman–Crippen MR) is 81.5 cm³/mol. The van der Waals surface area contributed by atoms with Crippen LogP contribution in [0.5, 0.6) is 0 Å². The van der Waals surface area contributed by atoms with E-state index in [0.29, 0.717) is 23.9 Å². The van der Waals surface area contributed by atoms with Crippen molar-refractivity contribution in [3.05, 3.63) is 29.3 Å². The van der Waals surface area contributed by atoms with Crippen molar-refractivity contribution in [2.45, 2.75) is 19.3 Å². The summed E-state index contributed by atoms with van der Waals surface area (Å²) >= 11 is 5.79. The van der Waals surface area contributed by atoms with E-state index in [2.05, 4.69) is 10.2 Å². The summed E-state index contributed by atoms with van der Waals surface area (Å²) in [6, 6.07) is 6.99. The summed E-state index contributed by atoms with van der Waals surface area (Å²) in [7, 11) is 0. The van der Waals surface area contributed by atoms with Crippen molar-refractivity contribution < 1.29 is 14.7 Å². The van der Waals surface area contributed by atoms with Gasteiger partial charge in [0.15, 0.2) is 0 Å². The Morgan fingerprint density at radius 3 is 2.71 bits per heavy atom. The van der Waals surface area contributed by atoms with Gasteiger partial charge in [-0.15, -0.1) is 0 Å². The molecule has 1 atom stereocenters. The molecule has 0 radical (unpaired) electrons. The summed E-state index contributed by atoms with van der Waals surface area (Å²) in [6.07, 6.45) is 1.85. The van der Waals surface area contributed by atoms with Gasteiger partial charge in [-0.2, -0.15) is 0 Å². The lowest BCUT2D eigenvalue weighted by Gasteiger charge is -2.15. The quantitative estimate of drug-likeness (QED) is 0.847. The molecule has 1 unspecified atom stereocenters. The summed E-state index contributed by atoms with van der Waals surface area (Å²) in [5.41, 5.74) is 0.728. The molecular formula is C15H19ClN2O3. The lowest BCUT2D eigenvalue weighted by molar-refractivity contribution is -0.137. The molecule has 1 amide bonds. The minimum Gasteiger partial charge on any atom is -0.481 e. The zero-order valence-electron chi connectivity index (χ0n) is 11.7. The monoisotopic (exact) mass is 310 g/mol. The van der Waals surface area contributed by atoms with Gasteiger partial charge in [0.05, 0.1) is 6.54 Å². The molecule has 114 valence electrons. The van der Waals surface area contributed by atoms with E-state index in [1.165, 1.54) is 0 Å². The number of amides is 1. The number of likely N-dealkylation sites (tertiary alicyclic amines) is 1. The second kappa shape index (κ2) is 7.43. The third-order valence-corrected chi connectivity index (χ3v) is 3.88. The zero-order valence-corrected chi connectivity index (χ0v) is 12.5. The van der Waals surface area contributed by atoms with Crippen LogP contribution in [-0.4, -0.2) is 41.5 Å². The maximum absolute atomic E-state index is 11.9. The lowest BCUT2D eigenvalue weighted by atomic mass is 10.0. The van der Waals surface area contributed by atoms with Crippen LogP contribution in [0, 0.1) is 5.92 Å². The Balaban J connectivity index is 1.73. The van der Waals surface area contributed by atoms with Crippen molar-refractivity contribution in [2.75, 3.05) is 25.0 Å². The van der Waals surface area contributed by atoms with Gasteiger partial charge < -0.3 is 10.4 Å². The molecule has 1 aromatic carbocycles. The molecule has 21 heavy (non-hydrogen) atoms. The lowest BCUT2D eigenvalue weighted by Crippen LogP contribution is -2.31. The van der Waals surface area contributed by atoms with Crippen LogP contribution in [0.4, 0.5) is 5.69 Å². The largest absolute Gasteiger partial charge is 0.481 e. The number of benzene rings is 1. The number of nitrogens with one attached hydrogen (secondary N) is 1. The second-order valence-corrected chi connectivity index (χ2v) is 5.81. The normalized spacial score (nSPS) is 18.6. The number of carboxylic acids is 1. The number of anilines is 1. The Bertz CT molecular complexity index is 504. The number of carbonyl (C=O) groups is 2. The molecule has 1 aliphatic rings. The first-order chi connectivity index (χ1) is 10.0. The Labute approximate surface area is 128 Å². The highest BCUT2D eigenvalue weighted by molar-refractivity contribution is 6.30. The molecule has 0 aromatic heterocycles. The van der Waals surface area contributed by atoms with E-state index in [-0.39, 0.29) is 12.3 Å². The van der Waals surface area contributed by atoms with Crippen LogP contribution < -0.4 is 5.32 Å².